The minimum absolute atomic E-state index is 0.408. The van der Waals surface area contributed by atoms with Crippen molar-refractivity contribution in [3.05, 3.63) is 30.3 Å². The van der Waals surface area contributed by atoms with Gasteiger partial charge in [0.1, 0.15) is 5.84 Å². The van der Waals surface area contributed by atoms with Crippen molar-refractivity contribution in [2.24, 2.45) is 4.40 Å². The molecule has 0 bridgehead atoms. The zero-order chi connectivity index (χ0) is 17.6. The second-order valence-electron chi connectivity index (χ2n) is 7.04. The second-order valence-corrected chi connectivity index (χ2v) is 9.19. The molecule has 0 saturated heterocycles. The first-order valence-corrected chi connectivity index (χ1v) is 9.60. The van der Waals surface area contributed by atoms with E-state index in [2.05, 4.69) is 9.71 Å². The van der Waals surface area contributed by atoms with Crippen LogP contribution in [0.1, 0.15) is 39.5 Å². The van der Waals surface area contributed by atoms with Crippen LogP contribution < -0.4 is 10.2 Å². The summed E-state index contributed by atoms with van der Waals surface area (Å²) in [6, 6.07) is 9.48. The first-order valence-electron chi connectivity index (χ1n) is 8.16. The van der Waals surface area contributed by atoms with Crippen LogP contribution >= 0.6 is 0 Å². The van der Waals surface area contributed by atoms with Gasteiger partial charge in [-0.3, -0.25) is 4.79 Å². The van der Waals surface area contributed by atoms with Crippen LogP contribution in [0.5, 0.6) is 0 Å². The van der Waals surface area contributed by atoms with Crippen molar-refractivity contribution in [3.63, 3.8) is 0 Å². The Morgan fingerprint density at radius 2 is 1.71 bits per heavy atom. The fourth-order valence-electron chi connectivity index (χ4n) is 3.34. The van der Waals surface area contributed by atoms with Crippen LogP contribution in [-0.4, -0.2) is 37.5 Å². The Balaban J connectivity index is 2.18. The standard InChI is InChI=1S/C17H23N3O3S/c1-16(2)15(21)18-17(11-7-8-12-17)14(19-24(16,22)23)20(3)13-9-5-4-6-10-13/h4-6,9-10H,7-8,11-12H2,1-3H3,(H,18,21). The molecule has 1 fully saturated rings. The summed E-state index contributed by atoms with van der Waals surface area (Å²) in [4.78, 5) is 14.4. The Morgan fingerprint density at radius 3 is 2.29 bits per heavy atom. The first-order chi connectivity index (χ1) is 11.2. The second kappa shape index (κ2) is 5.58. The van der Waals surface area contributed by atoms with Gasteiger partial charge in [-0.2, -0.15) is 0 Å². The molecule has 3 rings (SSSR count). The molecule has 24 heavy (non-hydrogen) atoms. The number of hydrogen-bond acceptors (Lipinski definition) is 4. The predicted octanol–water partition coefficient (Wildman–Crippen LogP) is 2.07. The summed E-state index contributed by atoms with van der Waals surface area (Å²) in [6.45, 7) is 2.82. The van der Waals surface area contributed by atoms with E-state index in [4.69, 9.17) is 0 Å². The third-order valence-corrected chi connectivity index (χ3v) is 6.99. The van der Waals surface area contributed by atoms with E-state index in [1.807, 2.05) is 30.3 Å². The van der Waals surface area contributed by atoms with E-state index in [0.717, 1.165) is 18.5 Å². The fraction of sp³-hybridized carbons (Fsp3) is 0.529. The molecule has 1 aliphatic carbocycles. The smallest absolute Gasteiger partial charge is 0.269 e. The molecule has 1 spiro atoms. The fourth-order valence-corrected chi connectivity index (χ4v) is 4.38. The van der Waals surface area contributed by atoms with E-state index in [9.17, 15) is 13.2 Å². The van der Waals surface area contributed by atoms with Gasteiger partial charge in [0.05, 0.1) is 5.54 Å². The van der Waals surface area contributed by atoms with Crippen molar-refractivity contribution in [1.29, 1.82) is 0 Å². The van der Waals surface area contributed by atoms with Crippen LogP contribution in [0, 0.1) is 0 Å². The van der Waals surface area contributed by atoms with Crippen LogP contribution in [0.2, 0.25) is 0 Å². The molecule has 0 atom stereocenters. The van der Waals surface area contributed by atoms with Gasteiger partial charge in [-0.25, -0.2) is 8.42 Å². The Labute approximate surface area is 143 Å². The lowest BCUT2D eigenvalue weighted by atomic mass is 9.93. The molecule has 1 aromatic rings. The molecule has 1 heterocycles. The van der Waals surface area contributed by atoms with Gasteiger partial charge >= 0.3 is 0 Å². The predicted molar refractivity (Wildman–Crippen MR) is 94.6 cm³/mol. The number of likely N-dealkylation sites (N-methyl/N-ethyl adjacent to an activating group) is 1. The van der Waals surface area contributed by atoms with E-state index in [1.54, 1.807) is 11.9 Å². The minimum Gasteiger partial charge on any atom is -0.342 e. The minimum atomic E-state index is -3.98. The number of sulfonamides is 1. The number of amides is 1. The highest BCUT2D eigenvalue weighted by Gasteiger charge is 2.53. The van der Waals surface area contributed by atoms with Crippen LogP contribution in [-0.2, 0) is 14.8 Å². The molecule has 6 nitrogen and oxygen atoms in total. The molecule has 130 valence electrons. The monoisotopic (exact) mass is 349 g/mol. The average Bonchev–Trinajstić information content (AvgIpc) is 2.99. The lowest BCUT2D eigenvalue weighted by Crippen LogP contribution is -2.59. The molecule has 0 radical (unpaired) electrons. The number of carbonyl (C=O) groups excluding carboxylic acids is 1. The molecule has 1 amide bonds. The van der Waals surface area contributed by atoms with Gasteiger partial charge in [0.25, 0.3) is 10.0 Å². The maximum atomic E-state index is 12.7. The summed E-state index contributed by atoms with van der Waals surface area (Å²) in [5.41, 5.74) is 0.120. The van der Waals surface area contributed by atoms with Gasteiger partial charge in [0.2, 0.25) is 5.91 Å². The maximum absolute atomic E-state index is 12.7. The van der Waals surface area contributed by atoms with Gasteiger partial charge in [0, 0.05) is 12.7 Å². The Morgan fingerprint density at radius 1 is 1.12 bits per heavy atom. The summed E-state index contributed by atoms with van der Waals surface area (Å²) in [6.07, 6.45) is 3.26. The molecule has 1 saturated carbocycles. The van der Waals surface area contributed by atoms with Crippen molar-refractivity contribution < 1.29 is 13.2 Å². The number of hydrogen-bond donors (Lipinski definition) is 1. The molecular weight excluding hydrogens is 326 g/mol. The van der Waals surface area contributed by atoms with Gasteiger partial charge in [-0.1, -0.05) is 31.0 Å². The number of nitrogens with zero attached hydrogens (tertiary/aromatic N) is 2. The van der Waals surface area contributed by atoms with Gasteiger partial charge < -0.3 is 10.2 Å². The van der Waals surface area contributed by atoms with Crippen LogP contribution in [0.15, 0.2) is 34.7 Å². The number of carbonyl (C=O) groups is 1. The zero-order valence-electron chi connectivity index (χ0n) is 14.2. The summed E-state index contributed by atoms with van der Waals surface area (Å²) >= 11 is 0. The molecule has 0 unspecified atom stereocenters. The molecular formula is C17H23N3O3S. The van der Waals surface area contributed by atoms with E-state index < -0.39 is 26.2 Å². The Hall–Kier alpha value is -1.89. The third-order valence-electron chi connectivity index (χ3n) is 5.10. The lowest BCUT2D eigenvalue weighted by Gasteiger charge is -2.35. The molecule has 1 N–H and O–H groups in total. The van der Waals surface area contributed by atoms with E-state index in [0.29, 0.717) is 18.7 Å². The summed E-state index contributed by atoms with van der Waals surface area (Å²) < 4.78 is 28.1. The van der Waals surface area contributed by atoms with Gasteiger partial charge in [-0.15, -0.1) is 4.40 Å². The normalized spacial score (nSPS) is 24.1. The molecule has 0 aromatic heterocycles. The van der Waals surface area contributed by atoms with Crippen LogP contribution in [0.4, 0.5) is 5.69 Å². The maximum Gasteiger partial charge on any atom is 0.269 e. The van der Waals surface area contributed by atoms with Crippen molar-refractivity contribution in [1.82, 2.24) is 5.32 Å². The number of rotatable bonds is 1. The van der Waals surface area contributed by atoms with Crippen LogP contribution in [0.3, 0.4) is 0 Å². The highest BCUT2D eigenvalue weighted by Crippen LogP contribution is 2.37. The first kappa shape index (κ1) is 17.0. The van der Waals surface area contributed by atoms with Gasteiger partial charge in [0.15, 0.2) is 4.75 Å². The van der Waals surface area contributed by atoms with Crippen molar-refractivity contribution in [3.8, 4) is 0 Å². The number of para-hydroxylation sites is 1. The van der Waals surface area contributed by atoms with Crippen molar-refractivity contribution in [2.75, 3.05) is 11.9 Å². The number of nitrogens with one attached hydrogen (secondary N) is 1. The van der Waals surface area contributed by atoms with Crippen LogP contribution in [0.25, 0.3) is 0 Å². The average molecular weight is 349 g/mol. The molecule has 1 aliphatic heterocycles. The van der Waals surface area contributed by atoms with E-state index in [-0.39, 0.29) is 0 Å². The number of benzene rings is 1. The number of anilines is 1. The highest BCUT2D eigenvalue weighted by atomic mass is 32.2. The summed E-state index contributed by atoms with van der Waals surface area (Å²) in [5, 5.41) is 3.01. The Kier molecular flexibility index (Phi) is 3.94. The van der Waals surface area contributed by atoms with Crippen molar-refractivity contribution >= 4 is 27.5 Å². The third kappa shape index (κ3) is 2.51. The molecule has 2 aliphatic rings. The summed E-state index contributed by atoms with van der Waals surface area (Å²) in [5.74, 6) is -0.0743. The molecule has 1 aromatic carbocycles. The molecule has 7 heteroatoms. The quantitative estimate of drug-likeness (QED) is 0.842. The van der Waals surface area contributed by atoms with Gasteiger partial charge in [-0.05, 0) is 38.8 Å². The summed E-state index contributed by atoms with van der Waals surface area (Å²) in [7, 11) is -2.18. The topological polar surface area (TPSA) is 78.8 Å². The SMILES string of the molecule is CN(C1=NS(=O)(=O)C(C)(C)C(=O)NC12CCCC2)c1ccccc1. The zero-order valence-corrected chi connectivity index (χ0v) is 15.1. The van der Waals surface area contributed by atoms with E-state index >= 15 is 0 Å². The largest absolute Gasteiger partial charge is 0.342 e. The lowest BCUT2D eigenvalue weighted by molar-refractivity contribution is -0.124. The number of amidine groups is 1. The highest BCUT2D eigenvalue weighted by molar-refractivity contribution is 7.92. The van der Waals surface area contributed by atoms with E-state index in [1.165, 1.54) is 13.8 Å². The van der Waals surface area contributed by atoms with Crippen molar-refractivity contribution in [2.45, 2.75) is 49.8 Å². The Bertz CT molecular complexity index is 779.